The van der Waals surface area contributed by atoms with E-state index in [9.17, 15) is 26.0 Å². The van der Waals surface area contributed by atoms with E-state index >= 15 is 0 Å². The van der Waals surface area contributed by atoms with Crippen molar-refractivity contribution in [3.8, 4) is 11.1 Å². The summed E-state index contributed by atoms with van der Waals surface area (Å²) in [5, 5.41) is 0. The number of benzene rings is 3. The van der Waals surface area contributed by atoms with Crippen molar-refractivity contribution in [3.63, 3.8) is 0 Å². The van der Waals surface area contributed by atoms with Crippen molar-refractivity contribution in [3.05, 3.63) is 89.7 Å². The lowest BCUT2D eigenvalue weighted by atomic mass is 10.0. The second-order valence-electron chi connectivity index (χ2n) is 6.76. The van der Waals surface area contributed by atoms with Crippen LogP contribution in [0, 0.1) is 5.82 Å². The van der Waals surface area contributed by atoms with Crippen LogP contribution in [0.1, 0.15) is 11.1 Å². The smallest absolute Gasteiger partial charge is 0.376 e. The molecule has 3 aromatic rings. The molecule has 9 heteroatoms. The molecule has 31 heavy (non-hydrogen) atoms. The van der Waals surface area contributed by atoms with Crippen LogP contribution in [-0.2, 0) is 27.8 Å². The van der Waals surface area contributed by atoms with Gasteiger partial charge in [-0.25, -0.2) is 4.39 Å². The van der Waals surface area contributed by atoms with Gasteiger partial charge in [0, 0.05) is 5.69 Å². The predicted molar refractivity (Wildman–Crippen MR) is 110 cm³/mol. The second-order valence-corrected chi connectivity index (χ2v) is 8.44. The van der Waals surface area contributed by atoms with Crippen molar-refractivity contribution in [1.82, 2.24) is 0 Å². The molecule has 0 fully saturated rings. The fourth-order valence-corrected chi connectivity index (χ4v) is 3.42. The first-order valence-corrected chi connectivity index (χ1v) is 10.7. The van der Waals surface area contributed by atoms with E-state index in [4.69, 9.17) is 4.74 Å². The Morgan fingerprint density at radius 1 is 0.839 bits per heavy atom. The molecule has 164 valence electrons. The fraction of sp³-hybridized carbons (Fsp3) is 0.182. The van der Waals surface area contributed by atoms with E-state index in [1.165, 1.54) is 35.1 Å². The van der Waals surface area contributed by atoms with E-state index in [2.05, 4.69) is 0 Å². The molecule has 0 unspecified atom stereocenters. The van der Waals surface area contributed by atoms with Crippen LogP contribution >= 0.6 is 0 Å². The third kappa shape index (κ3) is 6.28. The van der Waals surface area contributed by atoms with Gasteiger partial charge in [0.15, 0.2) is 0 Å². The Labute approximate surface area is 177 Å². The Balaban J connectivity index is 1.55. The molecule has 3 rings (SSSR count). The Morgan fingerprint density at radius 3 is 2.23 bits per heavy atom. The van der Waals surface area contributed by atoms with Crippen LogP contribution in [0.4, 0.5) is 23.2 Å². The molecular formula is C22H19F4NO3S. The van der Waals surface area contributed by atoms with E-state index in [1.54, 1.807) is 18.2 Å². The molecule has 0 atom stereocenters. The van der Waals surface area contributed by atoms with E-state index in [-0.39, 0.29) is 18.1 Å². The Kier molecular flexibility index (Phi) is 6.97. The van der Waals surface area contributed by atoms with Gasteiger partial charge in [0.05, 0.1) is 13.2 Å². The highest BCUT2D eigenvalue weighted by atomic mass is 32.2. The van der Waals surface area contributed by atoms with Crippen molar-refractivity contribution in [1.29, 1.82) is 0 Å². The highest BCUT2D eigenvalue weighted by Crippen LogP contribution is 2.26. The SMILES string of the molecule is O=S(=O)(Nc1cccc(CCOCc2cccc(-c3ccc(F)cc3)c2)c1)C(F)(F)F. The highest BCUT2D eigenvalue weighted by Gasteiger charge is 2.46. The molecular weight excluding hydrogens is 434 g/mol. The van der Waals surface area contributed by atoms with Gasteiger partial charge in [-0.05, 0) is 59.0 Å². The molecule has 0 saturated carbocycles. The summed E-state index contributed by atoms with van der Waals surface area (Å²) in [6, 6.07) is 19.5. The molecule has 0 aliphatic carbocycles. The first kappa shape index (κ1) is 22.8. The summed E-state index contributed by atoms with van der Waals surface area (Å²) in [4.78, 5) is 0. The topological polar surface area (TPSA) is 55.4 Å². The van der Waals surface area contributed by atoms with Gasteiger partial charge in [-0.3, -0.25) is 4.72 Å². The van der Waals surface area contributed by atoms with E-state index in [0.717, 1.165) is 16.7 Å². The lowest BCUT2D eigenvalue weighted by Crippen LogP contribution is -2.29. The number of ether oxygens (including phenoxy) is 1. The van der Waals surface area contributed by atoms with Crippen molar-refractivity contribution < 1.29 is 30.7 Å². The Hall–Kier alpha value is -2.91. The van der Waals surface area contributed by atoms with Crippen molar-refractivity contribution in [2.45, 2.75) is 18.5 Å². The highest BCUT2D eigenvalue weighted by molar-refractivity contribution is 7.93. The maximum absolute atomic E-state index is 13.1. The van der Waals surface area contributed by atoms with Gasteiger partial charge >= 0.3 is 15.5 Å². The third-order valence-electron chi connectivity index (χ3n) is 4.39. The third-order valence-corrected chi connectivity index (χ3v) is 5.51. The number of nitrogens with one attached hydrogen (secondary N) is 1. The molecule has 0 bridgehead atoms. The summed E-state index contributed by atoms with van der Waals surface area (Å²) in [5.41, 5.74) is -2.21. The molecule has 0 amide bonds. The Morgan fingerprint density at radius 2 is 1.52 bits per heavy atom. The van der Waals surface area contributed by atoms with Gasteiger partial charge in [0.2, 0.25) is 0 Å². The average Bonchev–Trinajstić information content (AvgIpc) is 2.71. The molecule has 0 spiro atoms. The summed E-state index contributed by atoms with van der Waals surface area (Å²) >= 11 is 0. The van der Waals surface area contributed by atoms with Crippen LogP contribution in [0.5, 0.6) is 0 Å². The zero-order valence-electron chi connectivity index (χ0n) is 16.2. The minimum absolute atomic E-state index is 0.165. The van der Waals surface area contributed by atoms with E-state index < -0.39 is 15.5 Å². The summed E-state index contributed by atoms with van der Waals surface area (Å²) in [7, 11) is -5.46. The monoisotopic (exact) mass is 453 g/mol. The standard InChI is InChI=1S/C22H19F4NO3S/c23-20-9-7-18(8-10-20)19-5-1-4-17(13-19)15-30-12-11-16-3-2-6-21(14-16)27-31(28,29)22(24,25)26/h1-10,13-14,27H,11-12,15H2. The molecule has 1 N–H and O–H groups in total. The molecule has 0 radical (unpaired) electrons. The number of hydrogen-bond donors (Lipinski definition) is 1. The van der Waals surface area contributed by atoms with Crippen LogP contribution in [0.15, 0.2) is 72.8 Å². The van der Waals surface area contributed by atoms with Gasteiger partial charge in [-0.1, -0.05) is 42.5 Å². The lowest BCUT2D eigenvalue weighted by Gasteiger charge is -2.11. The first-order valence-electron chi connectivity index (χ1n) is 9.25. The minimum atomic E-state index is -5.46. The minimum Gasteiger partial charge on any atom is -0.376 e. The number of hydrogen-bond acceptors (Lipinski definition) is 3. The zero-order chi connectivity index (χ0) is 22.5. The average molecular weight is 453 g/mol. The van der Waals surface area contributed by atoms with Crippen LogP contribution in [-0.4, -0.2) is 20.5 Å². The Bertz CT molecular complexity index is 1130. The van der Waals surface area contributed by atoms with Gasteiger partial charge in [-0.2, -0.15) is 21.6 Å². The molecule has 0 aliphatic rings. The van der Waals surface area contributed by atoms with Crippen molar-refractivity contribution in [2.24, 2.45) is 0 Å². The normalized spacial score (nSPS) is 12.0. The second kappa shape index (κ2) is 9.49. The largest absolute Gasteiger partial charge is 0.516 e. The lowest BCUT2D eigenvalue weighted by molar-refractivity contribution is -0.0429. The van der Waals surface area contributed by atoms with Crippen LogP contribution in [0.2, 0.25) is 0 Å². The number of halogens is 4. The maximum atomic E-state index is 13.1. The summed E-state index contributed by atoms with van der Waals surface area (Å²) in [5.74, 6) is -0.307. The predicted octanol–water partition coefficient (Wildman–Crippen LogP) is 5.51. The van der Waals surface area contributed by atoms with Gasteiger partial charge in [-0.15, -0.1) is 0 Å². The zero-order valence-corrected chi connectivity index (χ0v) is 17.0. The fourth-order valence-electron chi connectivity index (χ4n) is 2.87. The van der Waals surface area contributed by atoms with Gasteiger partial charge in [0.1, 0.15) is 5.82 Å². The number of sulfonamides is 1. The summed E-state index contributed by atoms with van der Waals surface area (Å²) in [6.45, 7) is 0.603. The quantitative estimate of drug-likeness (QED) is 0.361. The van der Waals surface area contributed by atoms with Crippen molar-refractivity contribution >= 4 is 15.7 Å². The molecule has 4 nitrogen and oxygen atoms in total. The number of rotatable bonds is 8. The number of anilines is 1. The van der Waals surface area contributed by atoms with Crippen LogP contribution in [0.25, 0.3) is 11.1 Å². The molecule has 0 saturated heterocycles. The van der Waals surface area contributed by atoms with E-state index in [1.807, 2.05) is 24.3 Å². The molecule has 3 aromatic carbocycles. The maximum Gasteiger partial charge on any atom is 0.516 e. The van der Waals surface area contributed by atoms with Gasteiger partial charge < -0.3 is 4.74 Å². The summed E-state index contributed by atoms with van der Waals surface area (Å²) < 4.78 is 80.2. The number of alkyl halides is 3. The van der Waals surface area contributed by atoms with Crippen LogP contribution < -0.4 is 4.72 Å². The first-order chi connectivity index (χ1) is 14.6. The molecule has 0 aliphatic heterocycles. The van der Waals surface area contributed by atoms with Crippen LogP contribution in [0.3, 0.4) is 0 Å². The van der Waals surface area contributed by atoms with Gasteiger partial charge in [0.25, 0.3) is 0 Å². The van der Waals surface area contributed by atoms with E-state index in [0.29, 0.717) is 18.6 Å². The van der Waals surface area contributed by atoms with Crippen molar-refractivity contribution in [2.75, 3.05) is 11.3 Å². The molecule has 0 heterocycles. The summed E-state index contributed by atoms with van der Waals surface area (Å²) in [6.07, 6.45) is 0.388. The molecule has 0 aromatic heterocycles.